The maximum atomic E-state index is 12.2. The highest BCUT2D eigenvalue weighted by atomic mass is 16.7. The van der Waals surface area contributed by atoms with Crippen LogP contribution in [-0.4, -0.2) is 37.2 Å². The molecule has 0 aliphatic heterocycles. The van der Waals surface area contributed by atoms with E-state index in [-0.39, 0.29) is 6.61 Å². The van der Waals surface area contributed by atoms with Crippen LogP contribution in [0.5, 0.6) is 17.2 Å². The van der Waals surface area contributed by atoms with Gasteiger partial charge in [-0.3, -0.25) is 4.79 Å². The molecular weight excluding hydrogens is 360 g/mol. The van der Waals surface area contributed by atoms with Gasteiger partial charge in [0.25, 0.3) is 0 Å². The van der Waals surface area contributed by atoms with E-state index in [0.717, 1.165) is 5.75 Å². The number of rotatable bonds is 11. The molecule has 6 heteroatoms. The summed E-state index contributed by atoms with van der Waals surface area (Å²) in [5, 5.41) is 9.39. The maximum Gasteiger partial charge on any atom is 0.319 e. The molecule has 1 N–H and O–H groups in total. The fraction of sp³-hybridized carbons (Fsp3) is 0.409. The molecule has 0 spiro atoms. The second kappa shape index (κ2) is 10.7. The summed E-state index contributed by atoms with van der Waals surface area (Å²) < 4.78 is 22.2. The van der Waals surface area contributed by atoms with Crippen LogP contribution in [0.1, 0.15) is 27.2 Å². The summed E-state index contributed by atoms with van der Waals surface area (Å²) in [4.78, 5) is 12.2. The summed E-state index contributed by atoms with van der Waals surface area (Å²) in [6, 6.07) is 16.2. The summed E-state index contributed by atoms with van der Waals surface area (Å²) in [5.74, 6) is 1.33. The van der Waals surface area contributed by atoms with Gasteiger partial charge >= 0.3 is 5.97 Å². The first-order chi connectivity index (χ1) is 13.5. The molecule has 2 atom stereocenters. The summed E-state index contributed by atoms with van der Waals surface area (Å²) in [5.41, 5.74) is -0.903. The van der Waals surface area contributed by atoms with Gasteiger partial charge in [0.05, 0.1) is 18.6 Å². The highest BCUT2D eigenvalue weighted by molar-refractivity contribution is 5.78. The van der Waals surface area contributed by atoms with Gasteiger partial charge in [-0.05, 0) is 56.7 Å². The van der Waals surface area contributed by atoms with Crippen molar-refractivity contribution < 1.29 is 28.8 Å². The Morgan fingerprint density at radius 2 is 1.64 bits per heavy atom. The Bertz CT molecular complexity index is 710. The number of hydrogen-bond donors (Lipinski definition) is 1. The molecule has 28 heavy (non-hydrogen) atoms. The molecule has 0 aliphatic rings. The van der Waals surface area contributed by atoms with Gasteiger partial charge < -0.3 is 24.1 Å². The Morgan fingerprint density at radius 3 is 2.25 bits per heavy atom. The average Bonchev–Trinajstić information content (AvgIpc) is 2.72. The van der Waals surface area contributed by atoms with Gasteiger partial charge in [-0.15, -0.1) is 0 Å². The number of para-hydroxylation sites is 1. The minimum absolute atomic E-state index is 0.258. The van der Waals surface area contributed by atoms with Crippen molar-refractivity contribution in [3.05, 3.63) is 54.6 Å². The molecule has 0 aliphatic carbocycles. The van der Waals surface area contributed by atoms with Gasteiger partial charge in [0, 0.05) is 0 Å². The predicted molar refractivity (Wildman–Crippen MR) is 106 cm³/mol. The molecule has 6 nitrogen and oxygen atoms in total. The number of aliphatic hydroxyl groups excluding tert-OH is 1. The molecule has 0 heterocycles. The van der Waals surface area contributed by atoms with Gasteiger partial charge in [0.15, 0.2) is 6.29 Å². The third kappa shape index (κ3) is 6.55. The first kappa shape index (κ1) is 21.7. The Morgan fingerprint density at radius 1 is 1.00 bits per heavy atom. The first-order valence-corrected chi connectivity index (χ1v) is 9.36. The van der Waals surface area contributed by atoms with Gasteiger partial charge in [-0.25, -0.2) is 0 Å². The second-order valence-electron chi connectivity index (χ2n) is 6.65. The predicted octanol–water partition coefficient (Wildman–Crippen LogP) is 3.82. The molecule has 0 saturated heterocycles. The zero-order chi connectivity index (χ0) is 20.4. The third-order valence-corrected chi connectivity index (χ3v) is 4.41. The van der Waals surface area contributed by atoms with Crippen molar-refractivity contribution in [1.82, 2.24) is 0 Å². The van der Waals surface area contributed by atoms with E-state index >= 15 is 0 Å². The lowest BCUT2D eigenvalue weighted by Crippen LogP contribution is -2.34. The monoisotopic (exact) mass is 388 g/mol. The number of ether oxygens (including phenoxy) is 4. The largest absolute Gasteiger partial charge is 0.491 e. The molecule has 2 aromatic carbocycles. The van der Waals surface area contributed by atoms with Gasteiger partial charge in [0.1, 0.15) is 23.9 Å². The molecule has 0 saturated carbocycles. The van der Waals surface area contributed by atoms with Gasteiger partial charge in [0.2, 0.25) is 0 Å². The van der Waals surface area contributed by atoms with Crippen LogP contribution in [0.4, 0.5) is 0 Å². The fourth-order valence-corrected chi connectivity index (χ4v) is 2.25. The number of benzene rings is 2. The lowest BCUT2D eigenvalue weighted by Gasteiger charge is -2.23. The molecule has 0 radical (unpaired) electrons. The maximum absolute atomic E-state index is 12.2. The molecule has 152 valence electrons. The van der Waals surface area contributed by atoms with E-state index in [4.69, 9.17) is 18.9 Å². The van der Waals surface area contributed by atoms with Crippen molar-refractivity contribution in [1.29, 1.82) is 0 Å². The van der Waals surface area contributed by atoms with E-state index in [2.05, 4.69) is 0 Å². The molecule has 2 aromatic rings. The Hall–Kier alpha value is -2.57. The van der Waals surface area contributed by atoms with Crippen LogP contribution in [0.3, 0.4) is 0 Å². The second-order valence-corrected chi connectivity index (χ2v) is 6.65. The first-order valence-electron chi connectivity index (χ1n) is 9.36. The molecular formula is C22H28O6. The summed E-state index contributed by atoms with van der Waals surface area (Å²) >= 11 is 0. The van der Waals surface area contributed by atoms with Crippen molar-refractivity contribution >= 4 is 5.97 Å². The van der Waals surface area contributed by atoms with E-state index in [1.54, 1.807) is 38.1 Å². The van der Waals surface area contributed by atoms with Crippen molar-refractivity contribution in [3.8, 4) is 17.2 Å². The topological polar surface area (TPSA) is 74.2 Å². The zero-order valence-corrected chi connectivity index (χ0v) is 16.6. The number of esters is 1. The summed E-state index contributed by atoms with van der Waals surface area (Å²) in [6.07, 6.45) is 0.0392. The van der Waals surface area contributed by atoms with Crippen molar-refractivity contribution in [2.45, 2.75) is 33.5 Å². The molecule has 2 unspecified atom stereocenters. The van der Waals surface area contributed by atoms with Crippen molar-refractivity contribution in [2.24, 2.45) is 5.41 Å². The number of carbonyl (C=O) groups is 1. The van der Waals surface area contributed by atoms with Crippen LogP contribution in [0, 0.1) is 5.41 Å². The van der Waals surface area contributed by atoms with E-state index in [9.17, 15) is 9.90 Å². The van der Waals surface area contributed by atoms with Crippen LogP contribution in [-0.2, 0) is 9.53 Å². The summed E-state index contributed by atoms with van der Waals surface area (Å²) in [7, 11) is 0. The molecule has 0 amide bonds. The molecule has 0 bridgehead atoms. The average molecular weight is 388 g/mol. The Labute approximate surface area is 166 Å². The van der Waals surface area contributed by atoms with E-state index in [1.807, 2.05) is 37.3 Å². The number of hydrogen-bond acceptors (Lipinski definition) is 6. The highest BCUT2D eigenvalue weighted by Crippen LogP contribution is 2.25. The highest BCUT2D eigenvalue weighted by Gasteiger charge is 2.32. The minimum Gasteiger partial charge on any atom is -0.491 e. The van der Waals surface area contributed by atoms with Crippen LogP contribution < -0.4 is 14.2 Å². The number of aliphatic hydroxyl groups is 1. The smallest absolute Gasteiger partial charge is 0.319 e. The Balaban J connectivity index is 1.74. The van der Waals surface area contributed by atoms with Crippen LogP contribution >= 0.6 is 0 Å². The van der Waals surface area contributed by atoms with Gasteiger partial charge in [-0.2, -0.15) is 0 Å². The van der Waals surface area contributed by atoms with Gasteiger partial charge in [-0.1, -0.05) is 25.1 Å². The zero-order valence-electron chi connectivity index (χ0n) is 16.6. The SMILES string of the molecule is CCC(C)(CO)C(=O)Oc1ccc(OC(C)OCCOc2ccccc2)cc1. The van der Waals surface area contributed by atoms with Crippen LogP contribution in [0.15, 0.2) is 54.6 Å². The number of carbonyl (C=O) groups excluding carboxylic acids is 1. The normalized spacial score (nSPS) is 14.0. The molecule has 0 fully saturated rings. The lowest BCUT2D eigenvalue weighted by atomic mass is 9.89. The van der Waals surface area contributed by atoms with Crippen LogP contribution in [0.25, 0.3) is 0 Å². The molecule has 0 aromatic heterocycles. The fourth-order valence-electron chi connectivity index (χ4n) is 2.25. The van der Waals surface area contributed by atoms with Crippen molar-refractivity contribution in [3.63, 3.8) is 0 Å². The van der Waals surface area contributed by atoms with Crippen LogP contribution in [0.2, 0.25) is 0 Å². The lowest BCUT2D eigenvalue weighted by molar-refractivity contribution is -0.147. The van der Waals surface area contributed by atoms with Crippen molar-refractivity contribution in [2.75, 3.05) is 19.8 Å². The Kier molecular flexibility index (Phi) is 8.29. The minimum atomic E-state index is -0.903. The third-order valence-electron chi connectivity index (χ3n) is 4.41. The van der Waals surface area contributed by atoms with E-state index in [0.29, 0.717) is 31.1 Å². The van der Waals surface area contributed by atoms with E-state index < -0.39 is 17.7 Å². The molecule has 2 rings (SSSR count). The quantitative estimate of drug-likeness (QED) is 0.273. The standard InChI is InChI=1S/C22H28O6/c1-4-22(3,16-23)21(24)28-20-12-10-19(11-13-20)27-17(2)25-14-15-26-18-8-6-5-7-9-18/h5-13,17,23H,4,14-16H2,1-3H3. The summed E-state index contributed by atoms with van der Waals surface area (Å²) in [6.45, 7) is 5.86. The van der Waals surface area contributed by atoms with E-state index in [1.165, 1.54) is 0 Å².